The van der Waals surface area contributed by atoms with Crippen LogP contribution in [0.2, 0.25) is 0 Å². The molecule has 3 heterocycles. The highest BCUT2D eigenvalue weighted by Gasteiger charge is 2.27. The Hall–Kier alpha value is -7.56. The maximum Gasteiger partial charge on any atom is 0.132 e. The van der Waals surface area contributed by atoms with E-state index in [1.165, 1.54) is 72.4 Å². The van der Waals surface area contributed by atoms with Crippen LogP contribution < -0.4 is 0 Å². The van der Waals surface area contributed by atoms with Crippen LogP contribution in [0.25, 0.3) is 88.6 Å². The van der Waals surface area contributed by atoms with Crippen molar-refractivity contribution in [3.8, 4) is 45.0 Å². The molecule has 1 saturated carbocycles. The first kappa shape index (κ1) is 36.3. The van der Waals surface area contributed by atoms with Crippen LogP contribution in [0.3, 0.4) is 0 Å². The minimum Gasteiger partial charge on any atom is -0.309 e. The van der Waals surface area contributed by atoms with E-state index < -0.39 is 0 Å². The Morgan fingerprint density at radius 2 is 0.855 bits per heavy atom. The fourth-order valence-electron chi connectivity index (χ4n) is 10.2. The average molecular weight is 797 g/mol. The monoisotopic (exact) mass is 796 g/mol. The molecule has 0 saturated heterocycles. The summed E-state index contributed by atoms with van der Waals surface area (Å²) in [5, 5.41) is 5.07. The van der Waals surface area contributed by atoms with Crippen molar-refractivity contribution in [2.75, 3.05) is 0 Å². The molecule has 1 aliphatic rings. The van der Waals surface area contributed by atoms with E-state index in [4.69, 9.17) is 9.97 Å². The topological polar surface area (TPSA) is 35.6 Å². The van der Waals surface area contributed by atoms with Crippen LogP contribution in [0.4, 0.5) is 0 Å². The molecule has 62 heavy (non-hydrogen) atoms. The lowest BCUT2D eigenvalue weighted by molar-refractivity contribution is 0.383. The summed E-state index contributed by atoms with van der Waals surface area (Å²) in [5.41, 5.74) is 15.2. The van der Waals surface area contributed by atoms with Crippen molar-refractivity contribution in [3.63, 3.8) is 0 Å². The van der Waals surface area contributed by atoms with Crippen LogP contribution >= 0.6 is 0 Å². The number of hydrogen-bond acceptors (Lipinski definition) is 2. The van der Waals surface area contributed by atoms with Crippen LogP contribution in [0.5, 0.6) is 0 Å². The van der Waals surface area contributed by atoms with Gasteiger partial charge in [-0.1, -0.05) is 158 Å². The molecule has 0 amide bonds. The van der Waals surface area contributed by atoms with Gasteiger partial charge in [-0.25, -0.2) is 9.97 Å². The van der Waals surface area contributed by atoms with Gasteiger partial charge >= 0.3 is 0 Å². The molecule has 4 nitrogen and oxygen atoms in total. The summed E-state index contributed by atoms with van der Waals surface area (Å²) in [6.45, 7) is 0. The fourth-order valence-corrected chi connectivity index (χ4v) is 10.2. The van der Waals surface area contributed by atoms with Crippen molar-refractivity contribution in [1.82, 2.24) is 19.1 Å². The third kappa shape index (κ3) is 6.30. The van der Waals surface area contributed by atoms with Gasteiger partial charge in [-0.3, -0.25) is 0 Å². The molecular weight excluding hydrogens is 753 g/mol. The van der Waals surface area contributed by atoms with Gasteiger partial charge in [-0.05, 0) is 96.5 Å². The van der Waals surface area contributed by atoms with E-state index in [2.05, 4.69) is 215 Å². The number of aromatic nitrogens is 4. The number of nitrogens with zero attached hydrogens (tertiary/aromatic N) is 4. The van der Waals surface area contributed by atoms with Crippen molar-refractivity contribution in [3.05, 3.63) is 218 Å². The quantitative estimate of drug-likeness (QED) is 0.161. The second-order valence-electron chi connectivity index (χ2n) is 16.9. The van der Waals surface area contributed by atoms with E-state index >= 15 is 0 Å². The first-order valence-corrected chi connectivity index (χ1v) is 22.0. The van der Waals surface area contributed by atoms with Crippen LogP contribution in [0.1, 0.15) is 48.9 Å². The van der Waals surface area contributed by atoms with Gasteiger partial charge in [-0.2, -0.15) is 0 Å². The summed E-state index contributed by atoms with van der Waals surface area (Å²) in [6.07, 6.45) is 4.47. The van der Waals surface area contributed by atoms with Crippen molar-refractivity contribution >= 4 is 43.6 Å². The summed E-state index contributed by atoms with van der Waals surface area (Å²) < 4.78 is 4.85. The SMILES string of the molecule is c1ccc(-c2cc(-c3ccccc3)nc(C3CCCC(c4ccc(-n5c6ccccc6c6ccc(-c7cccc(-n8c9ccccc9c9ccccc98)c7)cc65)cc4)C3)n2)cc1. The first-order chi connectivity index (χ1) is 30.7. The number of benzene rings is 8. The van der Waals surface area contributed by atoms with E-state index in [0.29, 0.717) is 11.8 Å². The number of hydrogen-bond donors (Lipinski definition) is 0. The van der Waals surface area contributed by atoms with Crippen LogP contribution in [0.15, 0.2) is 206 Å². The van der Waals surface area contributed by atoms with Crippen molar-refractivity contribution in [2.24, 2.45) is 0 Å². The smallest absolute Gasteiger partial charge is 0.132 e. The molecule has 11 aromatic rings. The minimum absolute atomic E-state index is 0.295. The summed E-state index contributed by atoms with van der Waals surface area (Å²) >= 11 is 0. The van der Waals surface area contributed by atoms with Crippen molar-refractivity contribution in [1.29, 1.82) is 0 Å². The predicted octanol–water partition coefficient (Wildman–Crippen LogP) is 15.1. The Labute approximate surface area is 361 Å². The molecule has 2 atom stereocenters. The van der Waals surface area contributed by atoms with Crippen LogP contribution in [-0.4, -0.2) is 19.1 Å². The standard InChI is InChI=1S/C58H44N4/c1-3-15-40(16-4-1)52-38-53(41-17-5-2-6-18-41)60-58(59-52)45-21-13-19-42(35-45)39-29-32-46(33-30-39)61-54-26-10-9-25-50(54)51-34-31-44(37-57(51)61)43-20-14-22-47(36-43)62-55-27-11-7-23-48(55)49-24-8-12-28-56(49)62/h1-12,14-18,20,22-34,36-38,42,45H,13,19,21,35H2. The van der Waals surface area contributed by atoms with Gasteiger partial charge in [0.2, 0.25) is 0 Å². The van der Waals surface area contributed by atoms with Gasteiger partial charge in [0.25, 0.3) is 0 Å². The van der Waals surface area contributed by atoms with Gasteiger partial charge in [0.05, 0.1) is 33.5 Å². The predicted molar refractivity (Wildman–Crippen MR) is 257 cm³/mol. The number of rotatable bonds is 7. The maximum absolute atomic E-state index is 5.24. The molecule has 8 aromatic carbocycles. The molecule has 0 bridgehead atoms. The zero-order valence-corrected chi connectivity index (χ0v) is 34.4. The Kier molecular flexibility index (Phi) is 8.88. The molecular formula is C58H44N4. The zero-order chi connectivity index (χ0) is 41.0. The lowest BCUT2D eigenvalue weighted by atomic mass is 9.77. The molecule has 3 aromatic heterocycles. The van der Waals surface area contributed by atoms with Gasteiger partial charge in [0.1, 0.15) is 5.82 Å². The molecule has 1 aliphatic carbocycles. The van der Waals surface area contributed by atoms with E-state index in [9.17, 15) is 0 Å². The maximum atomic E-state index is 5.24. The van der Waals surface area contributed by atoms with Crippen LogP contribution in [0, 0.1) is 0 Å². The lowest BCUT2D eigenvalue weighted by Crippen LogP contribution is -2.16. The van der Waals surface area contributed by atoms with Gasteiger partial charge in [0, 0.05) is 50.0 Å². The van der Waals surface area contributed by atoms with Crippen molar-refractivity contribution < 1.29 is 0 Å². The summed E-state index contributed by atoms with van der Waals surface area (Å²) in [4.78, 5) is 10.5. The molecule has 0 N–H and O–H groups in total. The zero-order valence-electron chi connectivity index (χ0n) is 34.4. The van der Waals surface area contributed by atoms with Crippen LogP contribution in [-0.2, 0) is 0 Å². The Balaban J connectivity index is 0.886. The number of para-hydroxylation sites is 3. The van der Waals surface area contributed by atoms with E-state index in [0.717, 1.165) is 53.3 Å². The molecule has 4 heteroatoms. The summed E-state index contributed by atoms with van der Waals surface area (Å²) in [6, 6.07) is 74.9. The van der Waals surface area contributed by atoms with E-state index in [1.807, 2.05) is 0 Å². The van der Waals surface area contributed by atoms with Gasteiger partial charge < -0.3 is 9.13 Å². The summed E-state index contributed by atoms with van der Waals surface area (Å²) in [7, 11) is 0. The summed E-state index contributed by atoms with van der Waals surface area (Å²) in [5.74, 6) is 1.70. The first-order valence-electron chi connectivity index (χ1n) is 22.0. The molecule has 1 fully saturated rings. The lowest BCUT2D eigenvalue weighted by Gasteiger charge is -2.29. The van der Waals surface area contributed by atoms with Gasteiger partial charge in [-0.15, -0.1) is 0 Å². The van der Waals surface area contributed by atoms with E-state index in [1.54, 1.807) is 0 Å². The highest BCUT2D eigenvalue weighted by atomic mass is 15.0. The largest absolute Gasteiger partial charge is 0.309 e. The van der Waals surface area contributed by atoms with Crippen molar-refractivity contribution in [2.45, 2.75) is 37.5 Å². The Morgan fingerprint density at radius 3 is 1.47 bits per heavy atom. The number of fused-ring (bicyclic) bond motifs is 6. The molecule has 296 valence electrons. The normalized spacial score (nSPS) is 15.5. The molecule has 0 spiro atoms. The highest BCUT2D eigenvalue weighted by Crippen LogP contribution is 2.42. The Bertz CT molecular complexity index is 3300. The molecule has 2 unspecified atom stereocenters. The van der Waals surface area contributed by atoms with Gasteiger partial charge in [0.15, 0.2) is 0 Å². The molecule has 0 aliphatic heterocycles. The third-order valence-electron chi connectivity index (χ3n) is 13.2. The Morgan fingerprint density at radius 1 is 0.355 bits per heavy atom. The third-order valence-corrected chi connectivity index (χ3v) is 13.2. The minimum atomic E-state index is 0.295. The van der Waals surface area contributed by atoms with E-state index in [-0.39, 0.29) is 0 Å². The highest BCUT2D eigenvalue weighted by molar-refractivity contribution is 6.11. The molecule has 12 rings (SSSR count). The fraction of sp³-hybridized carbons (Fsp3) is 0.103. The second kappa shape index (κ2) is 15.2. The molecule has 0 radical (unpaired) electrons. The average Bonchev–Trinajstić information content (AvgIpc) is 3.87. The second-order valence-corrected chi connectivity index (χ2v) is 16.9.